The molecule has 3 amide bonds. The highest BCUT2D eigenvalue weighted by atomic mass is 19.4. The number of carbonyl (C=O) groups is 2. The molecule has 2 aromatic rings. The number of halogens is 3. The second-order valence-corrected chi connectivity index (χ2v) is 7.97. The number of hydrogen-bond acceptors (Lipinski definition) is 5. The first-order valence-corrected chi connectivity index (χ1v) is 10.6. The Morgan fingerprint density at radius 3 is 2.55 bits per heavy atom. The van der Waals surface area contributed by atoms with Crippen molar-refractivity contribution in [3.8, 4) is 0 Å². The topological polar surface area (TPSA) is 99.3 Å². The number of anilines is 1. The number of pyridine rings is 2. The van der Waals surface area contributed by atoms with E-state index in [4.69, 9.17) is 0 Å². The highest BCUT2D eigenvalue weighted by Crippen LogP contribution is 2.30. The van der Waals surface area contributed by atoms with Crippen LogP contribution in [0.15, 0.2) is 30.5 Å². The van der Waals surface area contributed by atoms with E-state index in [1.807, 2.05) is 19.1 Å². The number of rotatable bonds is 6. The Morgan fingerprint density at radius 1 is 1.18 bits per heavy atom. The van der Waals surface area contributed by atoms with Gasteiger partial charge in [0.05, 0.1) is 0 Å². The number of amides is 3. The van der Waals surface area contributed by atoms with E-state index in [1.54, 1.807) is 24.5 Å². The van der Waals surface area contributed by atoms with Crippen molar-refractivity contribution in [2.75, 3.05) is 32.0 Å². The lowest BCUT2D eigenvalue weighted by atomic mass is 9.88. The van der Waals surface area contributed by atoms with Crippen LogP contribution in [0.1, 0.15) is 46.1 Å². The molecule has 0 unspecified atom stereocenters. The number of aromatic nitrogens is 2. The van der Waals surface area contributed by atoms with Gasteiger partial charge in [0, 0.05) is 25.5 Å². The quantitative estimate of drug-likeness (QED) is 0.610. The van der Waals surface area contributed by atoms with Crippen molar-refractivity contribution in [3.63, 3.8) is 0 Å². The molecule has 178 valence electrons. The predicted octanol–water partition coefficient (Wildman–Crippen LogP) is 3.21. The molecular weight excluding hydrogens is 437 g/mol. The van der Waals surface area contributed by atoms with Crippen molar-refractivity contribution in [2.45, 2.75) is 38.4 Å². The van der Waals surface area contributed by atoms with Crippen LogP contribution in [0, 0.1) is 6.92 Å². The van der Waals surface area contributed by atoms with Crippen LogP contribution in [0.5, 0.6) is 0 Å². The first-order chi connectivity index (χ1) is 15.6. The highest BCUT2D eigenvalue weighted by Gasteiger charge is 2.28. The lowest BCUT2D eigenvalue weighted by Gasteiger charge is -2.32. The Bertz CT molecular complexity index is 990. The summed E-state index contributed by atoms with van der Waals surface area (Å²) in [6.07, 6.45) is -1.07. The Labute approximate surface area is 190 Å². The minimum Gasteiger partial charge on any atom is -0.354 e. The molecule has 2 aromatic heterocycles. The molecule has 0 aromatic carbocycles. The Morgan fingerprint density at radius 2 is 1.91 bits per heavy atom. The SMILES string of the molecule is CNC(=O)c1ccc(C2CCN(Cc3ccnc(NC(=O)NCC(F)(F)F)c3)CC2)c(C)n1. The number of aryl methyl sites for hydroxylation is 1. The maximum atomic E-state index is 12.2. The number of nitrogens with zero attached hydrogens (tertiary/aromatic N) is 3. The van der Waals surface area contributed by atoms with E-state index < -0.39 is 18.8 Å². The summed E-state index contributed by atoms with van der Waals surface area (Å²) in [6, 6.07) is 6.26. The van der Waals surface area contributed by atoms with Crippen LogP contribution in [0.25, 0.3) is 0 Å². The molecule has 0 saturated carbocycles. The minimum absolute atomic E-state index is 0.194. The van der Waals surface area contributed by atoms with Crippen molar-refractivity contribution in [2.24, 2.45) is 0 Å². The lowest BCUT2D eigenvalue weighted by Crippen LogP contribution is -2.36. The standard InChI is InChI=1S/C22H27F3N6O2/c1-14-17(3-4-18(29-14)20(32)26-2)16-6-9-31(10-7-16)12-15-5-8-27-19(11-15)30-21(33)28-13-22(23,24)25/h3-5,8,11,16H,6-7,9-10,12-13H2,1-2H3,(H,26,32)(H2,27,28,30,33). The van der Waals surface area contributed by atoms with Crippen LogP contribution < -0.4 is 16.0 Å². The monoisotopic (exact) mass is 464 g/mol. The van der Waals surface area contributed by atoms with Crippen LogP contribution in [-0.2, 0) is 6.54 Å². The van der Waals surface area contributed by atoms with Crippen molar-refractivity contribution < 1.29 is 22.8 Å². The van der Waals surface area contributed by atoms with Crippen LogP contribution in [0.4, 0.5) is 23.8 Å². The molecule has 1 aliphatic heterocycles. The fourth-order valence-electron chi connectivity index (χ4n) is 3.90. The first kappa shape index (κ1) is 24.4. The highest BCUT2D eigenvalue weighted by molar-refractivity contribution is 5.92. The van der Waals surface area contributed by atoms with Gasteiger partial charge in [-0.05, 0) is 68.1 Å². The summed E-state index contributed by atoms with van der Waals surface area (Å²) >= 11 is 0. The van der Waals surface area contributed by atoms with E-state index in [1.165, 1.54) is 6.20 Å². The molecule has 11 heteroatoms. The molecule has 1 aliphatic rings. The average molecular weight is 464 g/mol. The van der Waals surface area contributed by atoms with Gasteiger partial charge in [0.1, 0.15) is 18.1 Å². The van der Waals surface area contributed by atoms with E-state index in [-0.39, 0.29) is 11.7 Å². The number of urea groups is 1. The zero-order chi connectivity index (χ0) is 24.0. The van der Waals surface area contributed by atoms with Gasteiger partial charge in [-0.15, -0.1) is 0 Å². The third-order valence-corrected chi connectivity index (χ3v) is 5.54. The van der Waals surface area contributed by atoms with E-state index in [0.29, 0.717) is 18.2 Å². The Kier molecular flexibility index (Phi) is 7.85. The van der Waals surface area contributed by atoms with Gasteiger partial charge in [0.25, 0.3) is 5.91 Å². The van der Waals surface area contributed by atoms with Gasteiger partial charge < -0.3 is 10.6 Å². The van der Waals surface area contributed by atoms with E-state index in [0.717, 1.165) is 42.8 Å². The molecule has 1 saturated heterocycles. The van der Waals surface area contributed by atoms with Gasteiger partial charge in [0.15, 0.2) is 0 Å². The summed E-state index contributed by atoms with van der Waals surface area (Å²) in [7, 11) is 1.58. The van der Waals surface area contributed by atoms with Gasteiger partial charge in [-0.1, -0.05) is 6.07 Å². The number of piperidine rings is 1. The van der Waals surface area contributed by atoms with Crippen molar-refractivity contribution in [3.05, 3.63) is 53.0 Å². The van der Waals surface area contributed by atoms with E-state index >= 15 is 0 Å². The molecule has 0 spiro atoms. The molecule has 0 aliphatic carbocycles. The average Bonchev–Trinajstić information content (AvgIpc) is 2.77. The summed E-state index contributed by atoms with van der Waals surface area (Å²) in [5, 5.41) is 6.66. The van der Waals surface area contributed by atoms with Crippen molar-refractivity contribution in [1.82, 2.24) is 25.5 Å². The maximum absolute atomic E-state index is 12.2. The maximum Gasteiger partial charge on any atom is 0.405 e. The molecule has 33 heavy (non-hydrogen) atoms. The second kappa shape index (κ2) is 10.6. The Balaban J connectivity index is 1.52. The number of alkyl halides is 3. The molecule has 8 nitrogen and oxygen atoms in total. The number of nitrogens with one attached hydrogen (secondary N) is 3. The summed E-state index contributed by atoms with van der Waals surface area (Å²) in [6.45, 7) is 2.87. The summed E-state index contributed by atoms with van der Waals surface area (Å²) < 4.78 is 36.7. The van der Waals surface area contributed by atoms with Gasteiger partial charge in [-0.3, -0.25) is 15.0 Å². The normalized spacial score (nSPS) is 15.2. The fraction of sp³-hybridized carbons (Fsp3) is 0.455. The Hall–Kier alpha value is -3.21. The molecule has 0 radical (unpaired) electrons. The second-order valence-electron chi connectivity index (χ2n) is 7.97. The molecule has 0 bridgehead atoms. The van der Waals surface area contributed by atoms with Crippen LogP contribution in [-0.4, -0.2) is 59.7 Å². The molecule has 3 heterocycles. The van der Waals surface area contributed by atoms with Gasteiger partial charge in [-0.25, -0.2) is 14.8 Å². The van der Waals surface area contributed by atoms with Crippen molar-refractivity contribution in [1.29, 1.82) is 0 Å². The van der Waals surface area contributed by atoms with Gasteiger partial charge >= 0.3 is 12.2 Å². The molecule has 0 atom stereocenters. The minimum atomic E-state index is -4.47. The zero-order valence-electron chi connectivity index (χ0n) is 18.5. The van der Waals surface area contributed by atoms with Gasteiger partial charge in [0.2, 0.25) is 0 Å². The van der Waals surface area contributed by atoms with E-state index in [2.05, 4.69) is 25.5 Å². The number of carbonyl (C=O) groups excluding carboxylic acids is 2. The largest absolute Gasteiger partial charge is 0.405 e. The number of hydrogen-bond donors (Lipinski definition) is 3. The third-order valence-electron chi connectivity index (χ3n) is 5.54. The van der Waals surface area contributed by atoms with Gasteiger partial charge in [-0.2, -0.15) is 13.2 Å². The summed E-state index contributed by atoms with van der Waals surface area (Å²) in [5.41, 5.74) is 3.33. The van der Waals surface area contributed by atoms with Crippen molar-refractivity contribution >= 4 is 17.8 Å². The van der Waals surface area contributed by atoms with Crippen LogP contribution in [0.3, 0.4) is 0 Å². The smallest absolute Gasteiger partial charge is 0.354 e. The zero-order valence-corrected chi connectivity index (χ0v) is 18.5. The lowest BCUT2D eigenvalue weighted by molar-refractivity contribution is -0.122. The first-order valence-electron chi connectivity index (χ1n) is 10.6. The fourth-order valence-corrected chi connectivity index (χ4v) is 3.90. The molecule has 3 rings (SSSR count). The molecule has 1 fully saturated rings. The van der Waals surface area contributed by atoms with Crippen LogP contribution in [0.2, 0.25) is 0 Å². The molecule has 3 N–H and O–H groups in total. The molecular formula is C22H27F3N6O2. The number of likely N-dealkylation sites (tertiary alicyclic amines) is 1. The summed E-state index contributed by atoms with van der Waals surface area (Å²) in [4.78, 5) is 34.1. The van der Waals surface area contributed by atoms with Crippen LogP contribution >= 0.6 is 0 Å². The summed E-state index contributed by atoms with van der Waals surface area (Å²) in [5.74, 6) is 0.350. The van der Waals surface area contributed by atoms with E-state index in [9.17, 15) is 22.8 Å². The third kappa shape index (κ3) is 7.14. The predicted molar refractivity (Wildman–Crippen MR) is 117 cm³/mol.